The van der Waals surface area contributed by atoms with Gasteiger partial charge in [0.1, 0.15) is 0 Å². The van der Waals surface area contributed by atoms with Crippen LogP contribution in [0.3, 0.4) is 0 Å². The third-order valence-electron chi connectivity index (χ3n) is 3.57. The molecule has 0 unspecified atom stereocenters. The molecule has 1 N–H and O–H groups in total. The molecular formula is C20H14NO2S. The van der Waals surface area contributed by atoms with Crippen LogP contribution in [0.4, 0.5) is 11.4 Å². The molecule has 0 aromatic heterocycles. The molecule has 0 fully saturated rings. The van der Waals surface area contributed by atoms with Crippen LogP contribution in [0.2, 0.25) is 0 Å². The third-order valence-corrected chi connectivity index (χ3v) is 3.93. The molecule has 0 spiro atoms. The summed E-state index contributed by atoms with van der Waals surface area (Å²) in [5, 5.41) is 3.15. The second-order valence-corrected chi connectivity index (χ2v) is 5.63. The maximum absolute atomic E-state index is 12.6. The van der Waals surface area contributed by atoms with Crippen LogP contribution in [0, 0.1) is 0 Å². The van der Waals surface area contributed by atoms with Gasteiger partial charge in [-0.25, -0.2) is 0 Å². The van der Waals surface area contributed by atoms with Crippen LogP contribution in [0.1, 0.15) is 20.7 Å². The van der Waals surface area contributed by atoms with E-state index in [1.807, 2.05) is 18.2 Å². The molecule has 0 bridgehead atoms. The van der Waals surface area contributed by atoms with E-state index >= 15 is 0 Å². The van der Waals surface area contributed by atoms with Crippen LogP contribution in [-0.2, 0) is 0 Å². The van der Waals surface area contributed by atoms with Crippen LogP contribution in [-0.4, -0.2) is 11.6 Å². The number of ketones is 2. The summed E-state index contributed by atoms with van der Waals surface area (Å²) in [4.78, 5) is 25.7. The average molecular weight is 332 g/mol. The van der Waals surface area contributed by atoms with Gasteiger partial charge in [0.15, 0.2) is 0 Å². The van der Waals surface area contributed by atoms with Gasteiger partial charge >= 0.3 is 0 Å². The molecule has 0 atom stereocenters. The molecule has 0 heterocycles. The van der Waals surface area contributed by atoms with E-state index in [2.05, 4.69) is 5.32 Å². The summed E-state index contributed by atoms with van der Waals surface area (Å²) in [6.07, 6.45) is 0. The lowest BCUT2D eigenvalue weighted by molar-refractivity contribution is 0.0817. The molecule has 3 rings (SSSR count). The zero-order chi connectivity index (χ0) is 16.9. The Balaban J connectivity index is 1.93. The Hall–Kier alpha value is -2.98. The average Bonchev–Trinajstić information content (AvgIpc) is 2.63. The van der Waals surface area contributed by atoms with E-state index in [0.29, 0.717) is 21.7 Å². The molecule has 0 aliphatic rings. The smallest absolute Gasteiger partial charge is 0.235 e. The first kappa shape index (κ1) is 15.9. The van der Waals surface area contributed by atoms with Crippen molar-refractivity contribution in [3.63, 3.8) is 0 Å². The largest absolute Gasteiger partial charge is 0.354 e. The van der Waals surface area contributed by atoms with Gasteiger partial charge in [-0.1, -0.05) is 67.2 Å². The molecule has 3 aromatic carbocycles. The normalized spacial score (nSPS) is 10.2. The monoisotopic (exact) mass is 332 g/mol. The van der Waals surface area contributed by atoms with Gasteiger partial charge in [0.25, 0.3) is 0 Å². The number of nitrogens with one attached hydrogen (secondary N) is 1. The lowest BCUT2D eigenvalue weighted by atomic mass is 10.00. The highest BCUT2D eigenvalue weighted by atomic mass is 32.1. The number of rotatable bonds is 5. The molecule has 0 saturated carbocycles. The summed E-state index contributed by atoms with van der Waals surface area (Å²) < 4.78 is 0. The number of carbonyl (C=O) groups excluding carboxylic acids is 2. The maximum Gasteiger partial charge on any atom is 0.235 e. The number of para-hydroxylation sites is 2. The minimum atomic E-state index is -0.550. The van der Waals surface area contributed by atoms with E-state index in [-0.39, 0.29) is 0 Å². The molecule has 0 saturated heterocycles. The highest BCUT2D eigenvalue weighted by molar-refractivity contribution is 7.80. The van der Waals surface area contributed by atoms with Gasteiger partial charge in [-0.05, 0) is 24.3 Å². The first-order valence-electron chi connectivity index (χ1n) is 7.43. The zero-order valence-electron chi connectivity index (χ0n) is 12.7. The first-order valence-corrected chi connectivity index (χ1v) is 7.84. The standard InChI is InChI=1S/C20H14NO2S/c22-19(14-8-2-1-3-9-14)20(23)15-10-4-5-11-16(15)21-17-12-6-7-13-18(17)24/h1-13,21H. The molecule has 1 radical (unpaired) electrons. The summed E-state index contributed by atoms with van der Waals surface area (Å²) in [5.74, 6) is -1.08. The number of hydrogen-bond donors (Lipinski definition) is 1. The Bertz CT molecular complexity index is 891. The van der Waals surface area contributed by atoms with Crippen molar-refractivity contribution in [1.29, 1.82) is 0 Å². The van der Waals surface area contributed by atoms with Crippen LogP contribution < -0.4 is 5.32 Å². The van der Waals surface area contributed by atoms with Gasteiger partial charge in [0.2, 0.25) is 11.6 Å². The van der Waals surface area contributed by atoms with Crippen LogP contribution in [0.15, 0.2) is 83.8 Å². The molecule has 4 heteroatoms. The number of anilines is 2. The fourth-order valence-electron chi connectivity index (χ4n) is 2.35. The van der Waals surface area contributed by atoms with Crippen LogP contribution in [0.5, 0.6) is 0 Å². The fraction of sp³-hybridized carbons (Fsp3) is 0. The van der Waals surface area contributed by atoms with Gasteiger partial charge < -0.3 is 5.32 Å². The second kappa shape index (κ2) is 7.06. The van der Waals surface area contributed by atoms with E-state index in [0.717, 1.165) is 5.69 Å². The topological polar surface area (TPSA) is 46.2 Å². The molecule has 0 aliphatic carbocycles. The van der Waals surface area contributed by atoms with Crippen molar-refractivity contribution in [3.05, 3.63) is 90.0 Å². The summed E-state index contributed by atoms with van der Waals surface area (Å²) in [6, 6.07) is 22.8. The van der Waals surface area contributed by atoms with Gasteiger partial charge in [0, 0.05) is 16.8 Å². The van der Waals surface area contributed by atoms with E-state index in [9.17, 15) is 9.59 Å². The van der Waals surface area contributed by atoms with Crippen molar-refractivity contribution < 1.29 is 9.59 Å². The van der Waals surface area contributed by atoms with Gasteiger partial charge in [-0.3, -0.25) is 9.59 Å². The quantitative estimate of drug-likeness (QED) is 0.525. The Kier molecular flexibility index (Phi) is 4.68. The molecule has 3 nitrogen and oxygen atoms in total. The van der Waals surface area contributed by atoms with Crippen LogP contribution in [0.25, 0.3) is 0 Å². The predicted octanol–water partition coefficient (Wildman–Crippen LogP) is 5.05. The highest BCUT2D eigenvalue weighted by Crippen LogP contribution is 2.26. The van der Waals surface area contributed by atoms with Crippen molar-refractivity contribution in [3.8, 4) is 0 Å². The van der Waals surface area contributed by atoms with Crippen LogP contribution >= 0.6 is 12.6 Å². The molecule has 3 aromatic rings. The fourth-order valence-corrected chi connectivity index (χ4v) is 2.55. The lowest BCUT2D eigenvalue weighted by Gasteiger charge is -2.12. The Morgan fingerprint density at radius 1 is 0.667 bits per heavy atom. The maximum atomic E-state index is 12.6. The van der Waals surface area contributed by atoms with Crippen molar-refractivity contribution in [2.24, 2.45) is 0 Å². The molecular weight excluding hydrogens is 318 g/mol. The minimum Gasteiger partial charge on any atom is -0.354 e. The molecule has 117 valence electrons. The van der Waals surface area contributed by atoms with E-state index < -0.39 is 11.6 Å². The summed E-state index contributed by atoms with van der Waals surface area (Å²) in [7, 11) is 0. The number of carbonyl (C=O) groups is 2. The number of Topliss-reactive ketones (excluding diaryl/α,β-unsaturated/α-hetero) is 2. The molecule has 0 amide bonds. The Morgan fingerprint density at radius 3 is 1.96 bits per heavy atom. The summed E-state index contributed by atoms with van der Waals surface area (Å²) >= 11 is 5.27. The Labute approximate surface area is 145 Å². The second-order valence-electron chi connectivity index (χ2n) is 5.19. The van der Waals surface area contributed by atoms with E-state index in [4.69, 9.17) is 12.6 Å². The number of benzene rings is 3. The van der Waals surface area contributed by atoms with E-state index in [1.165, 1.54) is 0 Å². The zero-order valence-corrected chi connectivity index (χ0v) is 13.5. The highest BCUT2D eigenvalue weighted by Gasteiger charge is 2.21. The molecule has 24 heavy (non-hydrogen) atoms. The van der Waals surface area contributed by atoms with E-state index in [1.54, 1.807) is 60.7 Å². The van der Waals surface area contributed by atoms with Gasteiger partial charge in [-0.15, -0.1) is 0 Å². The summed E-state index contributed by atoms with van der Waals surface area (Å²) in [5.41, 5.74) is 1.98. The number of hydrogen-bond acceptors (Lipinski definition) is 3. The van der Waals surface area contributed by atoms with Crippen molar-refractivity contribution in [2.75, 3.05) is 5.32 Å². The SMILES string of the molecule is O=C(C(=O)c1ccccc1Nc1ccccc1[S])c1ccccc1. The van der Waals surface area contributed by atoms with Crippen molar-refractivity contribution >= 4 is 35.6 Å². The van der Waals surface area contributed by atoms with Crippen molar-refractivity contribution in [1.82, 2.24) is 0 Å². The van der Waals surface area contributed by atoms with Gasteiger partial charge in [-0.2, -0.15) is 0 Å². The predicted molar refractivity (Wildman–Crippen MR) is 97.1 cm³/mol. The molecule has 0 aliphatic heterocycles. The Morgan fingerprint density at radius 2 is 1.25 bits per heavy atom. The first-order chi connectivity index (χ1) is 11.7. The van der Waals surface area contributed by atoms with Crippen molar-refractivity contribution in [2.45, 2.75) is 4.90 Å². The summed E-state index contributed by atoms with van der Waals surface area (Å²) in [6.45, 7) is 0. The van der Waals surface area contributed by atoms with Gasteiger partial charge in [0.05, 0.1) is 10.6 Å². The lowest BCUT2D eigenvalue weighted by Crippen LogP contribution is -2.16. The third kappa shape index (κ3) is 3.34. The minimum absolute atomic E-state index is 0.324.